The number of aromatic nitrogens is 1. The van der Waals surface area contributed by atoms with Crippen LogP contribution in [0.5, 0.6) is 0 Å². The Hall–Kier alpha value is -1.28. The summed E-state index contributed by atoms with van der Waals surface area (Å²) < 4.78 is 2.42. The van der Waals surface area contributed by atoms with E-state index in [0.717, 1.165) is 13.0 Å². The van der Waals surface area contributed by atoms with Gasteiger partial charge in [-0.2, -0.15) is 0 Å². The van der Waals surface area contributed by atoms with Crippen molar-refractivity contribution in [1.29, 1.82) is 0 Å². The molecule has 0 radical (unpaired) electrons. The standard InChI is InChI=1S/C16H22N2/c1-3-12-6-4-7-13-10-15(18(2)16(12)13)14-8-5-9-17-11-14/h4,6-7,10,14,17H,3,5,8-9,11H2,1-2H3. The predicted octanol–water partition coefficient (Wildman–Crippen LogP) is 3.21. The van der Waals surface area contributed by atoms with Crippen molar-refractivity contribution in [3.8, 4) is 0 Å². The lowest BCUT2D eigenvalue weighted by Gasteiger charge is -2.23. The Morgan fingerprint density at radius 1 is 1.39 bits per heavy atom. The Bertz CT molecular complexity index is 547. The summed E-state index contributed by atoms with van der Waals surface area (Å²) in [4.78, 5) is 0. The first-order valence-corrected chi connectivity index (χ1v) is 7.09. The molecule has 1 unspecified atom stereocenters. The SMILES string of the molecule is CCc1cccc2cc(C3CCCNC3)n(C)c12. The van der Waals surface area contributed by atoms with Gasteiger partial charge in [-0.25, -0.2) is 0 Å². The zero-order valence-corrected chi connectivity index (χ0v) is 11.4. The molecule has 2 heteroatoms. The van der Waals surface area contributed by atoms with Gasteiger partial charge in [0, 0.05) is 30.6 Å². The topological polar surface area (TPSA) is 17.0 Å². The number of rotatable bonds is 2. The highest BCUT2D eigenvalue weighted by atomic mass is 15.0. The van der Waals surface area contributed by atoms with Crippen molar-refractivity contribution in [1.82, 2.24) is 9.88 Å². The van der Waals surface area contributed by atoms with Crippen LogP contribution < -0.4 is 5.32 Å². The second-order valence-electron chi connectivity index (χ2n) is 5.38. The molecule has 3 rings (SSSR count). The molecule has 2 heterocycles. The Labute approximate surface area is 109 Å². The Kier molecular flexibility index (Phi) is 3.13. The molecule has 2 nitrogen and oxygen atoms in total. The molecule has 0 aliphatic carbocycles. The predicted molar refractivity (Wildman–Crippen MR) is 77.1 cm³/mol. The number of para-hydroxylation sites is 1. The van der Waals surface area contributed by atoms with Crippen LogP contribution in [0.15, 0.2) is 24.3 Å². The maximum atomic E-state index is 3.52. The van der Waals surface area contributed by atoms with Crippen molar-refractivity contribution in [3.63, 3.8) is 0 Å². The number of benzene rings is 1. The van der Waals surface area contributed by atoms with E-state index in [4.69, 9.17) is 0 Å². The number of piperidine rings is 1. The van der Waals surface area contributed by atoms with E-state index in [2.05, 4.69) is 48.1 Å². The highest BCUT2D eigenvalue weighted by Crippen LogP contribution is 2.30. The minimum Gasteiger partial charge on any atom is -0.347 e. The molecule has 18 heavy (non-hydrogen) atoms. The fourth-order valence-electron chi connectivity index (χ4n) is 3.30. The molecule has 0 bridgehead atoms. The molecular weight excluding hydrogens is 220 g/mol. The Balaban J connectivity index is 2.10. The quantitative estimate of drug-likeness (QED) is 0.855. The number of aryl methyl sites for hydroxylation is 2. The second-order valence-corrected chi connectivity index (χ2v) is 5.38. The molecule has 1 fully saturated rings. The van der Waals surface area contributed by atoms with Crippen LogP contribution in [-0.4, -0.2) is 17.7 Å². The van der Waals surface area contributed by atoms with E-state index in [-0.39, 0.29) is 0 Å². The zero-order chi connectivity index (χ0) is 12.5. The Morgan fingerprint density at radius 2 is 2.28 bits per heavy atom. The van der Waals surface area contributed by atoms with Crippen molar-refractivity contribution in [2.75, 3.05) is 13.1 Å². The summed E-state index contributed by atoms with van der Waals surface area (Å²) in [6.07, 6.45) is 3.73. The van der Waals surface area contributed by atoms with Gasteiger partial charge in [-0.3, -0.25) is 0 Å². The van der Waals surface area contributed by atoms with Crippen LogP contribution in [0.25, 0.3) is 10.9 Å². The summed E-state index contributed by atoms with van der Waals surface area (Å²) in [5.74, 6) is 0.681. The fraction of sp³-hybridized carbons (Fsp3) is 0.500. The smallest absolute Gasteiger partial charge is 0.0512 e. The molecule has 1 atom stereocenters. The summed E-state index contributed by atoms with van der Waals surface area (Å²) in [6, 6.07) is 9.08. The van der Waals surface area contributed by atoms with Crippen molar-refractivity contribution < 1.29 is 0 Å². The molecular formula is C16H22N2. The first-order valence-electron chi connectivity index (χ1n) is 7.09. The van der Waals surface area contributed by atoms with Gasteiger partial charge in [0.05, 0.1) is 5.52 Å². The van der Waals surface area contributed by atoms with Crippen LogP contribution >= 0.6 is 0 Å². The molecule has 0 saturated carbocycles. The molecule has 96 valence electrons. The molecule has 1 saturated heterocycles. The Morgan fingerprint density at radius 3 is 3.00 bits per heavy atom. The van der Waals surface area contributed by atoms with Gasteiger partial charge in [0.25, 0.3) is 0 Å². The van der Waals surface area contributed by atoms with Gasteiger partial charge in [-0.05, 0) is 37.4 Å². The first-order chi connectivity index (χ1) is 8.81. The van der Waals surface area contributed by atoms with E-state index < -0.39 is 0 Å². The van der Waals surface area contributed by atoms with Crippen LogP contribution in [0.1, 0.15) is 36.9 Å². The van der Waals surface area contributed by atoms with Gasteiger partial charge in [0.1, 0.15) is 0 Å². The van der Waals surface area contributed by atoms with Gasteiger partial charge in [-0.15, -0.1) is 0 Å². The highest BCUT2D eigenvalue weighted by molar-refractivity contribution is 5.84. The van der Waals surface area contributed by atoms with Crippen LogP contribution in [-0.2, 0) is 13.5 Å². The maximum absolute atomic E-state index is 3.52. The lowest BCUT2D eigenvalue weighted by atomic mass is 9.96. The van der Waals surface area contributed by atoms with Gasteiger partial charge < -0.3 is 9.88 Å². The van der Waals surface area contributed by atoms with Crippen molar-refractivity contribution in [3.05, 3.63) is 35.5 Å². The van der Waals surface area contributed by atoms with Gasteiger partial charge in [-0.1, -0.05) is 25.1 Å². The molecule has 0 amide bonds. The third-order valence-electron chi connectivity index (χ3n) is 4.27. The largest absolute Gasteiger partial charge is 0.347 e. The summed E-state index contributed by atoms with van der Waals surface area (Å²) in [5, 5.41) is 4.92. The van der Waals surface area contributed by atoms with E-state index >= 15 is 0 Å². The number of hydrogen-bond donors (Lipinski definition) is 1. The van der Waals surface area contributed by atoms with Crippen molar-refractivity contribution in [2.24, 2.45) is 7.05 Å². The average molecular weight is 242 g/mol. The van der Waals surface area contributed by atoms with Crippen LogP contribution in [0.3, 0.4) is 0 Å². The van der Waals surface area contributed by atoms with Gasteiger partial charge >= 0.3 is 0 Å². The molecule has 1 N–H and O–H groups in total. The van der Waals surface area contributed by atoms with Gasteiger partial charge in [0.2, 0.25) is 0 Å². The number of hydrogen-bond acceptors (Lipinski definition) is 1. The minimum absolute atomic E-state index is 0.681. The second kappa shape index (κ2) is 4.77. The van der Waals surface area contributed by atoms with Crippen LogP contribution in [0.2, 0.25) is 0 Å². The zero-order valence-electron chi connectivity index (χ0n) is 11.4. The lowest BCUT2D eigenvalue weighted by Crippen LogP contribution is -2.29. The van der Waals surface area contributed by atoms with E-state index in [1.165, 1.54) is 41.5 Å². The first kappa shape index (κ1) is 11.8. The van der Waals surface area contributed by atoms with E-state index in [9.17, 15) is 0 Å². The highest BCUT2D eigenvalue weighted by Gasteiger charge is 2.19. The third kappa shape index (κ3) is 1.85. The number of nitrogens with zero attached hydrogens (tertiary/aromatic N) is 1. The number of fused-ring (bicyclic) bond motifs is 1. The molecule has 1 aromatic carbocycles. The summed E-state index contributed by atoms with van der Waals surface area (Å²) in [6.45, 7) is 4.55. The molecule has 1 aliphatic rings. The fourth-order valence-corrected chi connectivity index (χ4v) is 3.30. The summed E-state index contributed by atoms with van der Waals surface area (Å²) >= 11 is 0. The maximum Gasteiger partial charge on any atom is 0.0512 e. The van der Waals surface area contributed by atoms with Crippen LogP contribution in [0, 0.1) is 0 Å². The van der Waals surface area contributed by atoms with Gasteiger partial charge in [0.15, 0.2) is 0 Å². The van der Waals surface area contributed by atoms with Crippen molar-refractivity contribution >= 4 is 10.9 Å². The van der Waals surface area contributed by atoms with Crippen LogP contribution in [0.4, 0.5) is 0 Å². The molecule has 2 aromatic rings. The molecule has 0 spiro atoms. The monoisotopic (exact) mass is 242 g/mol. The average Bonchev–Trinajstić information content (AvgIpc) is 2.77. The summed E-state index contributed by atoms with van der Waals surface area (Å²) in [5.41, 5.74) is 4.39. The lowest BCUT2D eigenvalue weighted by molar-refractivity contribution is 0.448. The third-order valence-corrected chi connectivity index (χ3v) is 4.27. The summed E-state index contributed by atoms with van der Waals surface area (Å²) in [7, 11) is 2.23. The number of nitrogens with one attached hydrogen (secondary N) is 1. The van der Waals surface area contributed by atoms with E-state index in [1.54, 1.807) is 0 Å². The van der Waals surface area contributed by atoms with E-state index in [0.29, 0.717) is 5.92 Å². The normalized spacial score (nSPS) is 20.4. The molecule has 1 aromatic heterocycles. The van der Waals surface area contributed by atoms with Crippen molar-refractivity contribution in [2.45, 2.75) is 32.1 Å². The molecule has 1 aliphatic heterocycles. The van der Waals surface area contributed by atoms with E-state index in [1.807, 2.05) is 0 Å². The minimum atomic E-state index is 0.681.